The summed E-state index contributed by atoms with van der Waals surface area (Å²) in [5, 5.41) is 10.2. The monoisotopic (exact) mass is 408 g/mol. The predicted molar refractivity (Wildman–Crippen MR) is 91.9 cm³/mol. The van der Waals surface area contributed by atoms with Gasteiger partial charge in [-0.15, -0.1) is 10.2 Å². The Bertz CT molecular complexity index is 873. The Morgan fingerprint density at radius 3 is 2.76 bits per heavy atom. The van der Waals surface area contributed by atoms with Crippen molar-refractivity contribution in [3.63, 3.8) is 0 Å². The van der Waals surface area contributed by atoms with Crippen LogP contribution < -0.4 is 5.32 Å². The summed E-state index contributed by atoms with van der Waals surface area (Å²) >= 11 is 2.19. The van der Waals surface area contributed by atoms with Crippen LogP contribution in [-0.4, -0.2) is 48.7 Å². The summed E-state index contributed by atoms with van der Waals surface area (Å²) in [6, 6.07) is 3.19. The third-order valence-corrected chi connectivity index (χ3v) is 6.23. The molecule has 1 heterocycles. The molecule has 2 aromatic rings. The third kappa shape index (κ3) is 5.99. The van der Waals surface area contributed by atoms with Gasteiger partial charge in [-0.3, -0.25) is 10.1 Å². The number of nitrogens with zero attached hydrogens (tertiary/aromatic N) is 3. The van der Waals surface area contributed by atoms with Gasteiger partial charge >= 0.3 is 0 Å². The van der Waals surface area contributed by atoms with Crippen LogP contribution in [0.25, 0.3) is 0 Å². The smallest absolute Gasteiger partial charge is 0.241 e. The van der Waals surface area contributed by atoms with Crippen molar-refractivity contribution in [1.82, 2.24) is 14.5 Å². The number of halogens is 2. The lowest BCUT2D eigenvalue weighted by Gasteiger charge is -2.12. The van der Waals surface area contributed by atoms with Gasteiger partial charge in [0.25, 0.3) is 0 Å². The van der Waals surface area contributed by atoms with Crippen molar-refractivity contribution in [2.24, 2.45) is 0 Å². The molecule has 0 radical (unpaired) electrons. The summed E-state index contributed by atoms with van der Waals surface area (Å²) in [6.45, 7) is -0.352. The number of benzene rings is 1. The van der Waals surface area contributed by atoms with Gasteiger partial charge in [0.2, 0.25) is 21.1 Å². The summed E-state index contributed by atoms with van der Waals surface area (Å²) in [5.74, 6) is -1.45. The first-order valence-corrected chi connectivity index (χ1v) is 10.4. The molecule has 0 aliphatic heterocycles. The topological polar surface area (TPSA) is 92.3 Å². The first-order chi connectivity index (χ1) is 11.6. The van der Waals surface area contributed by atoms with Crippen molar-refractivity contribution >= 4 is 44.2 Å². The van der Waals surface area contributed by atoms with Crippen molar-refractivity contribution in [2.45, 2.75) is 10.1 Å². The number of rotatable bonds is 7. The second-order valence-corrected chi connectivity index (χ2v) is 9.25. The van der Waals surface area contributed by atoms with Crippen molar-refractivity contribution in [2.75, 3.05) is 25.2 Å². The van der Waals surface area contributed by atoms with E-state index < -0.39 is 27.6 Å². The number of hydrogen-bond acceptors (Lipinski definition) is 7. The molecule has 0 bridgehead atoms. The van der Waals surface area contributed by atoms with E-state index in [1.807, 2.05) is 0 Å². The molecule has 0 spiro atoms. The second kappa shape index (κ2) is 8.17. The fraction of sp³-hybridized carbons (Fsp3) is 0.308. The van der Waals surface area contributed by atoms with Crippen LogP contribution in [0.4, 0.5) is 13.9 Å². The van der Waals surface area contributed by atoms with E-state index in [0.717, 1.165) is 51.9 Å². The average molecular weight is 408 g/mol. The molecule has 1 N–H and O–H groups in total. The van der Waals surface area contributed by atoms with Gasteiger partial charge in [-0.2, -0.15) is 4.31 Å². The molecule has 0 saturated carbocycles. The number of nitrogens with one attached hydrogen (secondary N) is 1. The molecule has 7 nitrogen and oxygen atoms in total. The molecule has 136 valence electrons. The Kier molecular flexibility index (Phi) is 6.43. The lowest BCUT2D eigenvalue weighted by molar-refractivity contribution is -0.116. The number of aromatic nitrogens is 2. The van der Waals surface area contributed by atoms with Crippen LogP contribution in [0.1, 0.15) is 5.56 Å². The minimum Gasteiger partial charge on any atom is -0.299 e. The minimum absolute atomic E-state index is 0.156. The molecule has 0 aliphatic rings. The summed E-state index contributed by atoms with van der Waals surface area (Å²) in [7, 11) is -2.18. The number of thioether (sulfide) groups is 1. The van der Waals surface area contributed by atoms with Crippen molar-refractivity contribution < 1.29 is 22.0 Å². The SMILES string of the molecule is CN(CC(=O)Nc1nnc(SCc2cc(F)ccc2F)s1)S(C)(=O)=O. The van der Waals surface area contributed by atoms with Gasteiger partial charge in [-0.05, 0) is 18.2 Å². The highest BCUT2D eigenvalue weighted by atomic mass is 32.2. The number of carbonyl (C=O) groups is 1. The lowest BCUT2D eigenvalue weighted by Crippen LogP contribution is -2.34. The normalized spacial score (nSPS) is 11.7. The van der Waals surface area contributed by atoms with Crippen molar-refractivity contribution in [1.29, 1.82) is 0 Å². The number of likely N-dealkylation sites (N-methyl/N-ethyl adjacent to an activating group) is 1. The Hall–Kier alpha value is -1.63. The van der Waals surface area contributed by atoms with Crippen LogP contribution in [0.5, 0.6) is 0 Å². The van der Waals surface area contributed by atoms with Gasteiger partial charge in [0.15, 0.2) is 4.34 Å². The van der Waals surface area contributed by atoms with Crippen LogP contribution in [0.2, 0.25) is 0 Å². The summed E-state index contributed by atoms with van der Waals surface area (Å²) in [5.41, 5.74) is 0.195. The third-order valence-electron chi connectivity index (χ3n) is 2.94. The Morgan fingerprint density at radius 2 is 2.08 bits per heavy atom. The standard InChI is InChI=1S/C13H14F2N4O3S3/c1-19(25(2,21)22)6-11(20)16-12-17-18-13(24-12)23-7-8-5-9(14)3-4-10(8)15/h3-5H,6-7H2,1-2H3,(H,16,17,20). The van der Waals surface area contributed by atoms with E-state index in [1.165, 1.54) is 7.05 Å². The largest absolute Gasteiger partial charge is 0.299 e. The Labute approximate surface area is 151 Å². The molecule has 0 saturated heterocycles. The highest BCUT2D eigenvalue weighted by Crippen LogP contribution is 2.29. The van der Waals surface area contributed by atoms with Gasteiger partial charge in [0.1, 0.15) is 11.6 Å². The first-order valence-electron chi connectivity index (χ1n) is 6.76. The molecule has 0 aliphatic carbocycles. The number of sulfonamides is 1. The van der Waals surface area contributed by atoms with E-state index in [4.69, 9.17) is 0 Å². The van der Waals surface area contributed by atoms with Crippen LogP contribution >= 0.6 is 23.1 Å². The number of carbonyl (C=O) groups excluding carboxylic acids is 1. The van der Waals surface area contributed by atoms with Crippen LogP contribution in [0.3, 0.4) is 0 Å². The Balaban J connectivity index is 1.91. The maximum absolute atomic E-state index is 13.5. The Morgan fingerprint density at radius 1 is 1.36 bits per heavy atom. The molecule has 1 aromatic heterocycles. The molecular weight excluding hydrogens is 394 g/mol. The van der Waals surface area contributed by atoms with E-state index in [0.29, 0.717) is 4.34 Å². The summed E-state index contributed by atoms with van der Waals surface area (Å²) < 4.78 is 50.5. The number of anilines is 1. The zero-order valence-electron chi connectivity index (χ0n) is 13.2. The molecule has 0 fully saturated rings. The minimum atomic E-state index is -3.46. The zero-order chi connectivity index (χ0) is 18.6. The van der Waals surface area contributed by atoms with Gasteiger partial charge in [-0.25, -0.2) is 17.2 Å². The zero-order valence-corrected chi connectivity index (χ0v) is 15.6. The molecule has 1 amide bonds. The molecule has 1 aromatic carbocycles. The fourth-order valence-corrected chi connectivity index (χ4v) is 3.68. The van der Waals surface area contributed by atoms with E-state index in [-0.39, 0.29) is 23.0 Å². The quantitative estimate of drug-likeness (QED) is 0.556. The predicted octanol–water partition coefficient (Wildman–Crippen LogP) is 1.94. The van der Waals surface area contributed by atoms with Gasteiger partial charge in [0, 0.05) is 18.4 Å². The maximum atomic E-state index is 13.5. The van der Waals surface area contributed by atoms with Crippen LogP contribution in [0, 0.1) is 11.6 Å². The second-order valence-electron chi connectivity index (χ2n) is 4.96. The molecule has 12 heteroatoms. The van der Waals surface area contributed by atoms with Crippen LogP contribution in [-0.2, 0) is 20.6 Å². The van der Waals surface area contributed by atoms with Gasteiger partial charge < -0.3 is 0 Å². The highest BCUT2D eigenvalue weighted by Gasteiger charge is 2.16. The van der Waals surface area contributed by atoms with Crippen LogP contribution in [0.15, 0.2) is 22.5 Å². The molecule has 0 atom stereocenters. The molecular formula is C13H14F2N4O3S3. The van der Waals surface area contributed by atoms with E-state index in [1.54, 1.807) is 0 Å². The summed E-state index contributed by atoms with van der Waals surface area (Å²) in [6.07, 6.45) is 0.992. The summed E-state index contributed by atoms with van der Waals surface area (Å²) in [4.78, 5) is 11.8. The first kappa shape index (κ1) is 19.7. The van der Waals surface area contributed by atoms with E-state index in [2.05, 4.69) is 15.5 Å². The molecule has 25 heavy (non-hydrogen) atoms. The number of amides is 1. The molecule has 2 rings (SSSR count). The maximum Gasteiger partial charge on any atom is 0.241 e. The van der Waals surface area contributed by atoms with E-state index in [9.17, 15) is 22.0 Å². The highest BCUT2D eigenvalue weighted by molar-refractivity contribution is 8.00. The van der Waals surface area contributed by atoms with Crippen molar-refractivity contribution in [3.8, 4) is 0 Å². The number of hydrogen-bond donors (Lipinski definition) is 1. The average Bonchev–Trinajstić information content (AvgIpc) is 2.94. The van der Waals surface area contributed by atoms with Gasteiger partial charge in [0.05, 0.1) is 12.8 Å². The van der Waals surface area contributed by atoms with Gasteiger partial charge in [-0.1, -0.05) is 23.1 Å². The fourth-order valence-electron chi connectivity index (χ4n) is 1.59. The lowest BCUT2D eigenvalue weighted by atomic mass is 10.2. The molecule has 0 unspecified atom stereocenters. The van der Waals surface area contributed by atoms with E-state index >= 15 is 0 Å². The van der Waals surface area contributed by atoms with Crippen molar-refractivity contribution in [3.05, 3.63) is 35.4 Å².